The Balaban J connectivity index is 3.07. The molecule has 0 fully saturated rings. The van der Waals surface area contributed by atoms with E-state index in [9.17, 15) is 15.2 Å². The highest BCUT2D eigenvalue weighted by Gasteiger charge is 2.12. The number of non-ortho nitro benzene ring substituents is 1. The van der Waals surface area contributed by atoms with Crippen LogP contribution < -0.4 is 4.74 Å². The van der Waals surface area contributed by atoms with Gasteiger partial charge in [0.05, 0.1) is 18.1 Å². The van der Waals surface area contributed by atoms with Crippen LogP contribution in [0.25, 0.3) is 0 Å². The van der Waals surface area contributed by atoms with Crippen molar-refractivity contribution >= 4 is 5.69 Å². The first-order valence-electron chi connectivity index (χ1n) is 4.54. The molecule has 0 unspecified atom stereocenters. The molecular weight excluding hydrogens is 198 g/mol. The molecule has 0 radical (unpaired) electrons. The van der Waals surface area contributed by atoms with Crippen LogP contribution >= 0.6 is 0 Å². The molecular formula is C10H13NO4. The van der Waals surface area contributed by atoms with Crippen LogP contribution in [0.5, 0.6) is 5.75 Å². The van der Waals surface area contributed by atoms with Crippen LogP contribution in [0.1, 0.15) is 12.5 Å². The number of benzene rings is 1. The van der Waals surface area contributed by atoms with Crippen molar-refractivity contribution in [3.05, 3.63) is 33.9 Å². The third-order valence-corrected chi connectivity index (χ3v) is 1.99. The van der Waals surface area contributed by atoms with Crippen molar-refractivity contribution < 1.29 is 14.8 Å². The van der Waals surface area contributed by atoms with Crippen molar-refractivity contribution in [2.75, 3.05) is 7.11 Å². The topological polar surface area (TPSA) is 72.6 Å². The van der Waals surface area contributed by atoms with E-state index in [2.05, 4.69) is 0 Å². The third kappa shape index (κ3) is 2.92. The Morgan fingerprint density at radius 3 is 2.73 bits per heavy atom. The summed E-state index contributed by atoms with van der Waals surface area (Å²) in [5.74, 6) is 0.557. The molecule has 0 amide bonds. The van der Waals surface area contributed by atoms with Gasteiger partial charge in [0.1, 0.15) is 5.75 Å². The van der Waals surface area contributed by atoms with Crippen molar-refractivity contribution in [3.8, 4) is 5.75 Å². The summed E-state index contributed by atoms with van der Waals surface area (Å²) in [5, 5.41) is 19.8. The van der Waals surface area contributed by atoms with Gasteiger partial charge in [-0.2, -0.15) is 0 Å². The molecule has 0 heterocycles. The molecule has 0 saturated carbocycles. The maximum absolute atomic E-state index is 10.5. The van der Waals surface area contributed by atoms with Crippen molar-refractivity contribution in [2.24, 2.45) is 0 Å². The monoisotopic (exact) mass is 211 g/mol. The summed E-state index contributed by atoms with van der Waals surface area (Å²) >= 11 is 0. The van der Waals surface area contributed by atoms with E-state index in [1.165, 1.54) is 25.3 Å². The van der Waals surface area contributed by atoms with Crippen LogP contribution in [0, 0.1) is 10.1 Å². The Labute approximate surface area is 87.5 Å². The fourth-order valence-corrected chi connectivity index (χ4v) is 1.36. The largest absolute Gasteiger partial charge is 0.496 e. The second-order valence-electron chi connectivity index (χ2n) is 3.31. The van der Waals surface area contributed by atoms with Crippen LogP contribution in [0.2, 0.25) is 0 Å². The summed E-state index contributed by atoms with van der Waals surface area (Å²) in [6, 6.07) is 4.34. The van der Waals surface area contributed by atoms with Crippen molar-refractivity contribution in [3.63, 3.8) is 0 Å². The minimum absolute atomic E-state index is 0.00597. The molecule has 0 saturated heterocycles. The number of rotatable bonds is 4. The van der Waals surface area contributed by atoms with Crippen LogP contribution in [0.15, 0.2) is 18.2 Å². The first kappa shape index (κ1) is 11.5. The molecule has 0 aromatic heterocycles. The smallest absolute Gasteiger partial charge is 0.269 e. The zero-order valence-electron chi connectivity index (χ0n) is 8.64. The molecule has 15 heavy (non-hydrogen) atoms. The molecule has 0 bridgehead atoms. The number of ether oxygens (including phenoxy) is 1. The first-order chi connectivity index (χ1) is 7.04. The first-order valence-corrected chi connectivity index (χ1v) is 4.54. The van der Waals surface area contributed by atoms with E-state index in [4.69, 9.17) is 4.74 Å². The van der Waals surface area contributed by atoms with E-state index < -0.39 is 11.0 Å². The third-order valence-electron chi connectivity index (χ3n) is 1.99. The van der Waals surface area contributed by atoms with Crippen molar-refractivity contribution in [1.82, 2.24) is 0 Å². The highest BCUT2D eigenvalue weighted by molar-refractivity contribution is 5.44. The van der Waals surface area contributed by atoms with E-state index in [1.54, 1.807) is 6.92 Å². The van der Waals surface area contributed by atoms with E-state index in [0.717, 1.165) is 0 Å². The molecule has 5 nitrogen and oxygen atoms in total. The molecule has 0 aliphatic heterocycles. The minimum atomic E-state index is -0.555. The minimum Gasteiger partial charge on any atom is -0.496 e. The second-order valence-corrected chi connectivity index (χ2v) is 3.31. The summed E-state index contributed by atoms with van der Waals surface area (Å²) in [6.07, 6.45) is -0.217. The van der Waals surface area contributed by atoms with Gasteiger partial charge in [-0.1, -0.05) is 0 Å². The Hall–Kier alpha value is -1.62. The van der Waals surface area contributed by atoms with Gasteiger partial charge in [-0.25, -0.2) is 0 Å². The van der Waals surface area contributed by atoms with Gasteiger partial charge in [0, 0.05) is 24.1 Å². The maximum atomic E-state index is 10.5. The molecule has 1 aromatic rings. The Morgan fingerprint density at radius 2 is 2.27 bits per heavy atom. The van der Waals surface area contributed by atoms with Crippen LogP contribution in [-0.4, -0.2) is 23.2 Å². The number of nitro groups is 1. The molecule has 5 heteroatoms. The van der Waals surface area contributed by atoms with Gasteiger partial charge in [0.25, 0.3) is 5.69 Å². The highest BCUT2D eigenvalue weighted by atomic mass is 16.6. The van der Waals surface area contributed by atoms with Crippen molar-refractivity contribution in [2.45, 2.75) is 19.4 Å². The SMILES string of the molecule is COc1ccc([N+](=O)[O-])cc1C[C@@H](C)O. The van der Waals surface area contributed by atoms with E-state index in [0.29, 0.717) is 17.7 Å². The number of hydrogen-bond donors (Lipinski definition) is 1. The van der Waals surface area contributed by atoms with Crippen LogP contribution in [0.3, 0.4) is 0 Å². The lowest BCUT2D eigenvalue weighted by Crippen LogP contribution is -2.06. The summed E-state index contributed by atoms with van der Waals surface area (Å²) in [7, 11) is 1.49. The van der Waals surface area contributed by atoms with Crippen LogP contribution in [-0.2, 0) is 6.42 Å². The molecule has 1 rings (SSSR count). The quantitative estimate of drug-likeness (QED) is 0.605. The molecule has 1 N–H and O–H groups in total. The zero-order valence-corrected chi connectivity index (χ0v) is 8.64. The summed E-state index contributed by atoms with van der Waals surface area (Å²) in [5.41, 5.74) is 0.646. The van der Waals surface area contributed by atoms with E-state index in [1.807, 2.05) is 0 Å². The summed E-state index contributed by atoms with van der Waals surface area (Å²) in [4.78, 5) is 10.1. The lowest BCUT2D eigenvalue weighted by Gasteiger charge is -2.09. The lowest BCUT2D eigenvalue weighted by molar-refractivity contribution is -0.384. The molecule has 1 aromatic carbocycles. The fourth-order valence-electron chi connectivity index (χ4n) is 1.36. The number of nitrogens with zero attached hydrogens (tertiary/aromatic N) is 1. The number of aliphatic hydroxyl groups is 1. The predicted molar refractivity (Wildman–Crippen MR) is 55.0 cm³/mol. The van der Waals surface area contributed by atoms with E-state index >= 15 is 0 Å². The van der Waals surface area contributed by atoms with Gasteiger partial charge in [-0.05, 0) is 13.0 Å². The molecule has 0 aliphatic rings. The molecule has 0 spiro atoms. The van der Waals surface area contributed by atoms with Gasteiger partial charge in [-0.15, -0.1) is 0 Å². The highest BCUT2D eigenvalue weighted by Crippen LogP contribution is 2.24. The van der Waals surface area contributed by atoms with Gasteiger partial charge < -0.3 is 9.84 Å². The summed E-state index contributed by atoms with van der Waals surface area (Å²) < 4.78 is 5.05. The van der Waals surface area contributed by atoms with E-state index in [-0.39, 0.29) is 5.69 Å². The average molecular weight is 211 g/mol. The maximum Gasteiger partial charge on any atom is 0.269 e. The van der Waals surface area contributed by atoms with Gasteiger partial charge >= 0.3 is 0 Å². The second kappa shape index (κ2) is 4.75. The molecule has 0 aliphatic carbocycles. The van der Waals surface area contributed by atoms with Gasteiger partial charge in [0.2, 0.25) is 0 Å². The number of aliphatic hydroxyl groups excluding tert-OH is 1. The lowest BCUT2D eigenvalue weighted by atomic mass is 10.1. The van der Waals surface area contributed by atoms with Gasteiger partial charge in [-0.3, -0.25) is 10.1 Å². The Morgan fingerprint density at radius 1 is 1.60 bits per heavy atom. The molecule has 1 atom stereocenters. The fraction of sp³-hybridized carbons (Fsp3) is 0.400. The number of nitro benzene ring substituents is 1. The zero-order chi connectivity index (χ0) is 11.4. The Bertz CT molecular complexity index is 362. The standard InChI is InChI=1S/C10H13NO4/c1-7(12)5-8-6-9(11(13)14)3-4-10(8)15-2/h3-4,6-7,12H,5H2,1-2H3/t7-/m1/s1. The average Bonchev–Trinajstić information content (AvgIpc) is 2.16. The van der Waals surface area contributed by atoms with Crippen molar-refractivity contribution in [1.29, 1.82) is 0 Å². The summed E-state index contributed by atoms with van der Waals surface area (Å²) in [6.45, 7) is 1.62. The number of hydrogen-bond acceptors (Lipinski definition) is 4. The predicted octanol–water partition coefficient (Wildman–Crippen LogP) is 1.53. The molecule has 82 valence electrons. The number of methoxy groups -OCH3 is 1. The van der Waals surface area contributed by atoms with Gasteiger partial charge in [0.15, 0.2) is 0 Å². The Kier molecular flexibility index (Phi) is 3.62. The van der Waals surface area contributed by atoms with Crippen LogP contribution in [0.4, 0.5) is 5.69 Å². The normalized spacial score (nSPS) is 12.2.